The van der Waals surface area contributed by atoms with Gasteiger partial charge in [0.25, 0.3) is 0 Å². The van der Waals surface area contributed by atoms with E-state index in [1.807, 2.05) is 25.3 Å². The molecule has 2 aromatic rings. The first kappa shape index (κ1) is 12.7. The Morgan fingerprint density at radius 2 is 2.17 bits per heavy atom. The van der Waals surface area contributed by atoms with Gasteiger partial charge in [-0.05, 0) is 48.7 Å². The lowest BCUT2D eigenvalue weighted by Crippen LogP contribution is -2.18. The van der Waals surface area contributed by atoms with Crippen molar-refractivity contribution in [2.24, 2.45) is 0 Å². The standard InChI is InChI=1S/C15H17FN2/c1-11-6-7-17-9-14(11)10-18-12(2)13-4-3-5-15(16)8-13/h3-9,12,18H,10H2,1-2H3. The molecule has 1 atom stereocenters. The van der Waals surface area contributed by atoms with Crippen molar-refractivity contribution >= 4 is 0 Å². The van der Waals surface area contributed by atoms with Crippen LogP contribution in [0.2, 0.25) is 0 Å². The molecule has 2 nitrogen and oxygen atoms in total. The highest BCUT2D eigenvalue weighted by Gasteiger charge is 2.06. The zero-order valence-electron chi connectivity index (χ0n) is 10.7. The minimum absolute atomic E-state index is 0.111. The molecule has 0 fully saturated rings. The van der Waals surface area contributed by atoms with Crippen LogP contribution in [0.4, 0.5) is 4.39 Å². The highest BCUT2D eigenvalue weighted by Crippen LogP contribution is 2.14. The molecule has 0 saturated carbocycles. The van der Waals surface area contributed by atoms with E-state index in [0.29, 0.717) is 0 Å². The number of aromatic nitrogens is 1. The van der Waals surface area contributed by atoms with E-state index >= 15 is 0 Å². The molecule has 0 radical (unpaired) electrons. The Morgan fingerprint density at radius 3 is 2.89 bits per heavy atom. The smallest absolute Gasteiger partial charge is 0.123 e. The fraction of sp³-hybridized carbons (Fsp3) is 0.267. The molecule has 1 heterocycles. The third-order valence-electron chi connectivity index (χ3n) is 3.09. The molecule has 94 valence electrons. The summed E-state index contributed by atoms with van der Waals surface area (Å²) in [5, 5.41) is 3.38. The fourth-order valence-electron chi connectivity index (χ4n) is 1.84. The number of nitrogens with one attached hydrogen (secondary N) is 1. The molecular weight excluding hydrogens is 227 g/mol. The topological polar surface area (TPSA) is 24.9 Å². The predicted molar refractivity (Wildman–Crippen MR) is 70.6 cm³/mol. The molecule has 0 bridgehead atoms. The maximum atomic E-state index is 13.1. The maximum absolute atomic E-state index is 13.1. The second-order valence-corrected chi connectivity index (χ2v) is 4.46. The number of nitrogens with zero attached hydrogens (tertiary/aromatic N) is 1. The Morgan fingerprint density at radius 1 is 1.33 bits per heavy atom. The van der Waals surface area contributed by atoms with Crippen molar-refractivity contribution in [3.63, 3.8) is 0 Å². The van der Waals surface area contributed by atoms with Crippen molar-refractivity contribution in [2.75, 3.05) is 0 Å². The first-order valence-electron chi connectivity index (χ1n) is 6.05. The van der Waals surface area contributed by atoms with Gasteiger partial charge in [0.2, 0.25) is 0 Å². The molecule has 18 heavy (non-hydrogen) atoms. The van der Waals surface area contributed by atoms with E-state index in [1.54, 1.807) is 18.3 Å². The zero-order chi connectivity index (χ0) is 13.0. The van der Waals surface area contributed by atoms with E-state index in [0.717, 1.165) is 12.1 Å². The Bertz CT molecular complexity index is 525. The van der Waals surface area contributed by atoms with E-state index in [9.17, 15) is 4.39 Å². The van der Waals surface area contributed by atoms with E-state index in [2.05, 4.69) is 17.2 Å². The number of halogens is 1. The number of benzene rings is 1. The van der Waals surface area contributed by atoms with E-state index in [1.165, 1.54) is 17.2 Å². The highest BCUT2D eigenvalue weighted by molar-refractivity contribution is 5.23. The van der Waals surface area contributed by atoms with Crippen molar-refractivity contribution < 1.29 is 4.39 Å². The van der Waals surface area contributed by atoms with Gasteiger partial charge >= 0.3 is 0 Å². The number of pyridine rings is 1. The third kappa shape index (κ3) is 3.14. The van der Waals surface area contributed by atoms with Crippen molar-refractivity contribution in [2.45, 2.75) is 26.4 Å². The van der Waals surface area contributed by atoms with Crippen LogP contribution >= 0.6 is 0 Å². The second kappa shape index (κ2) is 5.74. The normalized spacial score (nSPS) is 12.4. The first-order chi connectivity index (χ1) is 8.66. The molecule has 0 aliphatic heterocycles. The Hall–Kier alpha value is -1.74. The lowest BCUT2D eigenvalue weighted by molar-refractivity contribution is 0.563. The quantitative estimate of drug-likeness (QED) is 0.891. The van der Waals surface area contributed by atoms with E-state index < -0.39 is 0 Å². The van der Waals surface area contributed by atoms with Crippen LogP contribution in [-0.4, -0.2) is 4.98 Å². The van der Waals surface area contributed by atoms with Gasteiger partial charge in [-0.25, -0.2) is 4.39 Å². The van der Waals surface area contributed by atoms with Gasteiger partial charge < -0.3 is 5.32 Å². The predicted octanol–water partition coefficient (Wildman–Crippen LogP) is 3.38. The maximum Gasteiger partial charge on any atom is 0.123 e. The second-order valence-electron chi connectivity index (χ2n) is 4.46. The minimum Gasteiger partial charge on any atom is -0.306 e. The Labute approximate surface area is 107 Å². The van der Waals surface area contributed by atoms with Gasteiger partial charge in [-0.3, -0.25) is 4.98 Å². The molecule has 1 unspecified atom stereocenters. The van der Waals surface area contributed by atoms with Crippen LogP contribution in [0, 0.1) is 12.7 Å². The van der Waals surface area contributed by atoms with Crippen molar-refractivity contribution in [3.05, 3.63) is 65.2 Å². The van der Waals surface area contributed by atoms with Crippen molar-refractivity contribution in [1.29, 1.82) is 0 Å². The average Bonchev–Trinajstić information content (AvgIpc) is 2.37. The minimum atomic E-state index is -0.196. The fourth-order valence-corrected chi connectivity index (χ4v) is 1.84. The van der Waals surface area contributed by atoms with Crippen LogP contribution in [-0.2, 0) is 6.54 Å². The summed E-state index contributed by atoms with van der Waals surface area (Å²) >= 11 is 0. The van der Waals surface area contributed by atoms with Gasteiger partial charge in [0.15, 0.2) is 0 Å². The van der Waals surface area contributed by atoms with Gasteiger partial charge in [-0.15, -0.1) is 0 Å². The molecule has 0 aliphatic rings. The lowest BCUT2D eigenvalue weighted by atomic mass is 10.1. The molecular formula is C15H17FN2. The Kier molecular flexibility index (Phi) is 4.05. The van der Waals surface area contributed by atoms with Crippen LogP contribution in [0.3, 0.4) is 0 Å². The van der Waals surface area contributed by atoms with Crippen molar-refractivity contribution in [3.8, 4) is 0 Å². The van der Waals surface area contributed by atoms with Crippen LogP contribution in [0.5, 0.6) is 0 Å². The largest absolute Gasteiger partial charge is 0.306 e. The molecule has 1 aromatic carbocycles. The summed E-state index contributed by atoms with van der Waals surface area (Å²) in [6, 6.07) is 8.79. The van der Waals surface area contributed by atoms with Crippen LogP contribution < -0.4 is 5.32 Å². The van der Waals surface area contributed by atoms with Gasteiger partial charge in [-0.2, -0.15) is 0 Å². The summed E-state index contributed by atoms with van der Waals surface area (Å²) in [5.41, 5.74) is 3.33. The molecule has 2 rings (SSSR count). The Balaban J connectivity index is 2.00. The summed E-state index contributed by atoms with van der Waals surface area (Å²) in [7, 11) is 0. The third-order valence-corrected chi connectivity index (χ3v) is 3.09. The molecule has 3 heteroatoms. The molecule has 0 amide bonds. The van der Waals surface area contributed by atoms with Crippen LogP contribution in [0.25, 0.3) is 0 Å². The SMILES string of the molecule is Cc1ccncc1CNC(C)c1cccc(F)c1. The van der Waals surface area contributed by atoms with Crippen LogP contribution in [0.15, 0.2) is 42.7 Å². The number of hydrogen-bond donors (Lipinski definition) is 1. The summed E-state index contributed by atoms with van der Waals surface area (Å²) in [6.45, 7) is 4.82. The summed E-state index contributed by atoms with van der Waals surface area (Å²) < 4.78 is 13.1. The number of hydrogen-bond acceptors (Lipinski definition) is 2. The average molecular weight is 244 g/mol. The molecule has 0 saturated heterocycles. The number of rotatable bonds is 4. The zero-order valence-corrected chi connectivity index (χ0v) is 10.7. The monoisotopic (exact) mass is 244 g/mol. The number of aryl methyl sites for hydroxylation is 1. The summed E-state index contributed by atoms with van der Waals surface area (Å²) in [4.78, 5) is 4.11. The highest BCUT2D eigenvalue weighted by atomic mass is 19.1. The van der Waals surface area contributed by atoms with E-state index in [-0.39, 0.29) is 11.9 Å². The van der Waals surface area contributed by atoms with E-state index in [4.69, 9.17) is 0 Å². The molecule has 0 spiro atoms. The summed E-state index contributed by atoms with van der Waals surface area (Å²) in [6.07, 6.45) is 3.65. The van der Waals surface area contributed by atoms with Gasteiger partial charge in [-0.1, -0.05) is 12.1 Å². The van der Waals surface area contributed by atoms with Gasteiger partial charge in [0.1, 0.15) is 5.82 Å². The van der Waals surface area contributed by atoms with Gasteiger partial charge in [0, 0.05) is 25.0 Å². The van der Waals surface area contributed by atoms with Crippen LogP contribution in [0.1, 0.15) is 29.7 Å². The molecule has 0 aliphatic carbocycles. The summed E-state index contributed by atoms with van der Waals surface area (Å²) in [5.74, 6) is -0.196. The molecule has 1 N–H and O–H groups in total. The van der Waals surface area contributed by atoms with Gasteiger partial charge in [0.05, 0.1) is 0 Å². The first-order valence-corrected chi connectivity index (χ1v) is 6.05. The van der Waals surface area contributed by atoms with Crippen molar-refractivity contribution in [1.82, 2.24) is 10.3 Å². The molecule has 1 aromatic heterocycles. The lowest BCUT2D eigenvalue weighted by Gasteiger charge is -2.15.